The molecular formula is C13H11FO3. The molecule has 0 spiro atoms. The van der Waals surface area contributed by atoms with Crippen LogP contribution in [0, 0.1) is 5.82 Å². The molecule has 0 aromatic heterocycles. The summed E-state index contributed by atoms with van der Waals surface area (Å²) >= 11 is 0. The second-order valence-electron chi connectivity index (χ2n) is 3.55. The summed E-state index contributed by atoms with van der Waals surface area (Å²) in [7, 11) is 1.45. The average molecular weight is 234 g/mol. The Morgan fingerprint density at radius 2 is 1.59 bits per heavy atom. The van der Waals surface area contributed by atoms with Crippen molar-refractivity contribution in [1.82, 2.24) is 0 Å². The molecule has 2 rings (SSSR count). The second-order valence-corrected chi connectivity index (χ2v) is 3.55. The fourth-order valence-corrected chi connectivity index (χ4v) is 1.56. The van der Waals surface area contributed by atoms with Crippen LogP contribution in [0.1, 0.15) is 0 Å². The topological polar surface area (TPSA) is 49.7 Å². The number of hydrogen-bond donors (Lipinski definition) is 2. The van der Waals surface area contributed by atoms with Crippen molar-refractivity contribution in [3.8, 4) is 28.4 Å². The van der Waals surface area contributed by atoms with E-state index in [4.69, 9.17) is 9.84 Å². The monoisotopic (exact) mass is 234 g/mol. The number of benzene rings is 2. The highest BCUT2D eigenvalue weighted by Crippen LogP contribution is 2.32. The highest BCUT2D eigenvalue weighted by Gasteiger charge is 2.07. The zero-order valence-electron chi connectivity index (χ0n) is 9.14. The van der Waals surface area contributed by atoms with E-state index < -0.39 is 11.6 Å². The number of rotatable bonds is 2. The van der Waals surface area contributed by atoms with E-state index in [0.29, 0.717) is 16.9 Å². The molecule has 2 aromatic carbocycles. The van der Waals surface area contributed by atoms with Crippen LogP contribution < -0.4 is 4.74 Å². The van der Waals surface area contributed by atoms with Gasteiger partial charge in [-0.3, -0.25) is 0 Å². The molecule has 0 radical (unpaired) electrons. The highest BCUT2D eigenvalue weighted by molar-refractivity contribution is 5.67. The van der Waals surface area contributed by atoms with Crippen LogP contribution in [0.5, 0.6) is 17.2 Å². The Hall–Kier alpha value is -2.23. The van der Waals surface area contributed by atoms with Crippen LogP contribution in [0.15, 0.2) is 36.4 Å². The van der Waals surface area contributed by atoms with E-state index in [-0.39, 0.29) is 5.75 Å². The summed E-state index contributed by atoms with van der Waals surface area (Å²) in [6, 6.07) is 8.81. The van der Waals surface area contributed by atoms with Crippen molar-refractivity contribution in [2.24, 2.45) is 0 Å². The predicted octanol–water partition coefficient (Wildman–Crippen LogP) is 2.91. The third-order valence-corrected chi connectivity index (χ3v) is 2.46. The average Bonchev–Trinajstić information content (AvgIpc) is 2.32. The van der Waals surface area contributed by atoms with Gasteiger partial charge in [-0.2, -0.15) is 0 Å². The quantitative estimate of drug-likeness (QED) is 0.839. The first-order valence-corrected chi connectivity index (χ1v) is 4.97. The van der Waals surface area contributed by atoms with Crippen molar-refractivity contribution in [3.63, 3.8) is 0 Å². The molecular weight excluding hydrogens is 223 g/mol. The number of methoxy groups -OCH3 is 1. The largest absolute Gasteiger partial charge is 0.505 e. The summed E-state index contributed by atoms with van der Waals surface area (Å²) in [6.45, 7) is 0. The van der Waals surface area contributed by atoms with Gasteiger partial charge in [0.05, 0.1) is 7.11 Å². The minimum absolute atomic E-state index is 0.0153. The number of aromatic hydroxyl groups is 2. The van der Waals surface area contributed by atoms with Gasteiger partial charge in [0.25, 0.3) is 0 Å². The third-order valence-electron chi connectivity index (χ3n) is 2.46. The number of halogens is 1. The summed E-state index contributed by atoms with van der Waals surface area (Å²) in [5.74, 6) is -0.754. The van der Waals surface area contributed by atoms with Gasteiger partial charge < -0.3 is 14.9 Å². The lowest BCUT2D eigenvalue weighted by Gasteiger charge is -2.07. The van der Waals surface area contributed by atoms with Crippen LogP contribution in [0.25, 0.3) is 11.1 Å². The maximum absolute atomic E-state index is 13.2. The van der Waals surface area contributed by atoms with Gasteiger partial charge in [-0.15, -0.1) is 0 Å². The third kappa shape index (κ3) is 2.15. The van der Waals surface area contributed by atoms with E-state index in [1.54, 1.807) is 18.2 Å². The number of phenols is 2. The van der Waals surface area contributed by atoms with E-state index in [1.807, 2.05) is 0 Å². The van der Waals surface area contributed by atoms with Gasteiger partial charge in [0, 0.05) is 0 Å². The van der Waals surface area contributed by atoms with E-state index in [1.165, 1.54) is 25.3 Å². The molecule has 17 heavy (non-hydrogen) atoms. The molecule has 2 N–H and O–H groups in total. The lowest BCUT2D eigenvalue weighted by molar-refractivity contribution is 0.373. The molecule has 0 aliphatic carbocycles. The van der Waals surface area contributed by atoms with E-state index >= 15 is 0 Å². The zero-order chi connectivity index (χ0) is 12.4. The number of ether oxygens (including phenoxy) is 1. The molecule has 0 saturated heterocycles. The Morgan fingerprint density at radius 1 is 0.941 bits per heavy atom. The molecule has 3 nitrogen and oxygen atoms in total. The van der Waals surface area contributed by atoms with Crippen LogP contribution in [0.4, 0.5) is 4.39 Å². The fourth-order valence-electron chi connectivity index (χ4n) is 1.56. The van der Waals surface area contributed by atoms with Crippen LogP contribution in [0.2, 0.25) is 0 Å². The summed E-state index contributed by atoms with van der Waals surface area (Å²) in [5.41, 5.74) is 1.21. The van der Waals surface area contributed by atoms with Gasteiger partial charge in [-0.1, -0.05) is 12.1 Å². The summed E-state index contributed by atoms with van der Waals surface area (Å²) < 4.78 is 18.1. The Labute approximate surface area is 97.7 Å². The SMILES string of the molecule is COc1ccc(-c2ccc(O)c(F)c2)cc1O. The lowest BCUT2D eigenvalue weighted by Crippen LogP contribution is -1.85. The first-order valence-electron chi connectivity index (χ1n) is 4.97. The molecule has 0 aliphatic heterocycles. The molecule has 0 unspecified atom stereocenters. The number of phenolic OH excluding ortho intramolecular Hbond substituents is 2. The first kappa shape index (κ1) is 11.3. The minimum Gasteiger partial charge on any atom is -0.505 e. The van der Waals surface area contributed by atoms with Crippen LogP contribution in [-0.4, -0.2) is 17.3 Å². The fraction of sp³-hybridized carbons (Fsp3) is 0.0769. The van der Waals surface area contributed by atoms with E-state index in [0.717, 1.165) is 0 Å². The molecule has 0 amide bonds. The van der Waals surface area contributed by atoms with Gasteiger partial charge in [0.2, 0.25) is 0 Å². The smallest absolute Gasteiger partial charge is 0.165 e. The molecule has 88 valence electrons. The molecule has 0 atom stereocenters. The van der Waals surface area contributed by atoms with Crippen molar-refractivity contribution < 1.29 is 19.3 Å². The Morgan fingerprint density at radius 3 is 2.18 bits per heavy atom. The standard InChI is InChI=1S/C13H11FO3/c1-17-13-5-3-9(7-12(13)16)8-2-4-11(15)10(14)6-8/h2-7,15-16H,1H3. The summed E-state index contributed by atoms with van der Waals surface area (Å²) in [6.07, 6.45) is 0. The molecule has 0 heterocycles. The van der Waals surface area contributed by atoms with Crippen LogP contribution in [-0.2, 0) is 0 Å². The van der Waals surface area contributed by atoms with Crippen LogP contribution >= 0.6 is 0 Å². The molecule has 0 fully saturated rings. The molecule has 0 saturated carbocycles. The summed E-state index contributed by atoms with van der Waals surface area (Å²) in [4.78, 5) is 0. The van der Waals surface area contributed by atoms with Crippen molar-refractivity contribution >= 4 is 0 Å². The van der Waals surface area contributed by atoms with Crippen molar-refractivity contribution in [2.45, 2.75) is 0 Å². The van der Waals surface area contributed by atoms with Crippen LogP contribution in [0.3, 0.4) is 0 Å². The number of hydrogen-bond acceptors (Lipinski definition) is 3. The Kier molecular flexibility index (Phi) is 2.87. The highest BCUT2D eigenvalue weighted by atomic mass is 19.1. The van der Waals surface area contributed by atoms with Crippen molar-refractivity contribution in [2.75, 3.05) is 7.11 Å². The normalized spacial score (nSPS) is 10.2. The van der Waals surface area contributed by atoms with E-state index in [9.17, 15) is 9.50 Å². The molecule has 2 aromatic rings. The Bertz CT molecular complexity index is 552. The van der Waals surface area contributed by atoms with Gasteiger partial charge in [0.1, 0.15) is 0 Å². The summed E-state index contributed by atoms with van der Waals surface area (Å²) in [5, 5.41) is 18.7. The Balaban J connectivity index is 2.46. The molecule has 4 heteroatoms. The van der Waals surface area contributed by atoms with Gasteiger partial charge in [-0.25, -0.2) is 4.39 Å². The first-order chi connectivity index (χ1) is 8.11. The molecule has 0 bridgehead atoms. The van der Waals surface area contributed by atoms with Gasteiger partial charge in [-0.05, 0) is 35.4 Å². The lowest BCUT2D eigenvalue weighted by atomic mass is 10.0. The van der Waals surface area contributed by atoms with Crippen molar-refractivity contribution in [1.29, 1.82) is 0 Å². The maximum atomic E-state index is 13.2. The minimum atomic E-state index is -0.696. The zero-order valence-corrected chi connectivity index (χ0v) is 9.14. The second kappa shape index (κ2) is 4.33. The molecule has 0 aliphatic rings. The maximum Gasteiger partial charge on any atom is 0.165 e. The van der Waals surface area contributed by atoms with Gasteiger partial charge >= 0.3 is 0 Å². The van der Waals surface area contributed by atoms with Crippen molar-refractivity contribution in [3.05, 3.63) is 42.2 Å². The predicted molar refractivity (Wildman–Crippen MR) is 61.7 cm³/mol. The van der Waals surface area contributed by atoms with E-state index in [2.05, 4.69) is 0 Å². The van der Waals surface area contributed by atoms with Gasteiger partial charge in [0.15, 0.2) is 23.1 Å².